The van der Waals surface area contributed by atoms with E-state index in [4.69, 9.17) is 11.6 Å². The first-order valence-electron chi connectivity index (χ1n) is 6.01. The van der Waals surface area contributed by atoms with Crippen LogP contribution in [0.4, 0.5) is 5.69 Å². The second-order valence-corrected chi connectivity index (χ2v) is 4.54. The largest absolute Gasteiger partial charge is 0.369 e. The van der Waals surface area contributed by atoms with Crippen LogP contribution in [0.5, 0.6) is 0 Å². The second kappa shape index (κ2) is 6.12. The highest BCUT2D eigenvalue weighted by Gasteiger charge is 2.12. The zero-order chi connectivity index (χ0) is 11.2. The fourth-order valence-electron chi connectivity index (χ4n) is 2.19. The average Bonchev–Trinajstić information content (AvgIpc) is 2.38. The maximum atomic E-state index is 5.77. The van der Waals surface area contributed by atoms with Gasteiger partial charge in [0.05, 0.1) is 0 Å². The number of benzene rings is 1. The zero-order valence-corrected chi connectivity index (χ0v) is 10.3. The third kappa shape index (κ3) is 2.89. The predicted octanol–water partition coefficient (Wildman–Crippen LogP) is 2.27. The maximum absolute atomic E-state index is 5.77. The van der Waals surface area contributed by atoms with Crippen LogP contribution in [-0.2, 0) is 6.42 Å². The monoisotopic (exact) mass is 238 g/mol. The Morgan fingerprint density at radius 3 is 2.69 bits per heavy atom. The molecule has 88 valence electrons. The van der Waals surface area contributed by atoms with Gasteiger partial charge in [-0.15, -0.1) is 11.6 Å². The Morgan fingerprint density at radius 1 is 1.19 bits per heavy atom. The maximum Gasteiger partial charge on any atom is 0.0399 e. The van der Waals surface area contributed by atoms with Gasteiger partial charge in [0.2, 0.25) is 0 Å². The normalized spacial score (nSPS) is 16.4. The summed E-state index contributed by atoms with van der Waals surface area (Å²) in [6.07, 6.45) is 2.15. The number of nitrogens with zero attached hydrogens (tertiary/aromatic N) is 1. The lowest BCUT2D eigenvalue weighted by Gasteiger charge is -2.31. The number of nitrogens with one attached hydrogen (secondary N) is 1. The summed E-state index contributed by atoms with van der Waals surface area (Å²) in [5.41, 5.74) is 2.83. The van der Waals surface area contributed by atoms with Crippen LogP contribution in [0.2, 0.25) is 0 Å². The highest BCUT2D eigenvalue weighted by atomic mass is 35.5. The van der Waals surface area contributed by atoms with Crippen molar-refractivity contribution >= 4 is 17.3 Å². The third-order valence-corrected chi connectivity index (χ3v) is 3.30. The van der Waals surface area contributed by atoms with Gasteiger partial charge in [-0.2, -0.15) is 0 Å². The van der Waals surface area contributed by atoms with E-state index in [2.05, 4.69) is 34.5 Å². The lowest BCUT2D eigenvalue weighted by Crippen LogP contribution is -2.43. The molecule has 1 aliphatic heterocycles. The quantitative estimate of drug-likeness (QED) is 0.810. The lowest BCUT2D eigenvalue weighted by atomic mass is 10.1. The smallest absolute Gasteiger partial charge is 0.0399 e. The number of anilines is 1. The van der Waals surface area contributed by atoms with E-state index in [1.807, 2.05) is 0 Å². The number of hydrogen-bond acceptors (Lipinski definition) is 2. The summed E-state index contributed by atoms with van der Waals surface area (Å²) in [7, 11) is 0. The Morgan fingerprint density at radius 2 is 1.94 bits per heavy atom. The SMILES string of the molecule is ClCCCc1ccccc1N1CCNCC1. The van der Waals surface area contributed by atoms with Crippen LogP contribution in [0.1, 0.15) is 12.0 Å². The van der Waals surface area contributed by atoms with Gasteiger partial charge in [0.25, 0.3) is 0 Å². The zero-order valence-electron chi connectivity index (χ0n) is 9.58. The van der Waals surface area contributed by atoms with Gasteiger partial charge in [-0.1, -0.05) is 18.2 Å². The molecular formula is C13H19ClN2. The van der Waals surface area contributed by atoms with E-state index < -0.39 is 0 Å². The van der Waals surface area contributed by atoms with Gasteiger partial charge in [0.1, 0.15) is 0 Å². The molecule has 0 atom stereocenters. The van der Waals surface area contributed by atoms with Crippen molar-refractivity contribution in [3.8, 4) is 0 Å². The van der Waals surface area contributed by atoms with Crippen molar-refractivity contribution in [2.24, 2.45) is 0 Å². The van der Waals surface area contributed by atoms with Gasteiger partial charge < -0.3 is 10.2 Å². The van der Waals surface area contributed by atoms with E-state index >= 15 is 0 Å². The summed E-state index contributed by atoms with van der Waals surface area (Å²) in [6, 6.07) is 8.70. The third-order valence-electron chi connectivity index (χ3n) is 3.03. The Bertz CT molecular complexity index is 321. The number of alkyl halides is 1. The van der Waals surface area contributed by atoms with E-state index in [9.17, 15) is 0 Å². The van der Waals surface area contributed by atoms with Crippen molar-refractivity contribution in [3.05, 3.63) is 29.8 Å². The molecule has 1 aromatic carbocycles. The number of para-hydroxylation sites is 1. The van der Waals surface area contributed by atoms with Crippen LogP contribution in [0, 0.1) is 0 Å². The number of aryl methyl sites for hydroxylation is 1. The minimum atomic E-state index is 0.746. The van der Waals surface area contributed by atoms with Crippen LogP contribution >= 0.6 is 11.6 Å². The molecule has 0 radical (unpaired) electrons. The van der Waals surface area contributed by atoms with E-state index in [-0.39, 0.29) is 0 Å². The Kier molecular flexibility index (Phi) is 4.49. The molecule has 1 saturated heterocycles. The highest BCUT2D eigenvalue weighted by Crippen LogP contribution is 2.22. The summed E-state index contributed by atoms with van der Waals surface area (Å²) in [5, 5.41) is 3.38. The second-order valence-electron chi connectivity index (χ2n) is 4.16. The summed E-state index contributed by atoms with van der Waals surface area (Å²) in [6.45, 7) is 4.39. The highest BCUT2D eigenvalue weighted by molar-refractivity contribution is 6.17. The molecule has 1 heterocycles. The fraction of sp³-hybridized carbons (Fsp3) is 0.538. The number of hydrogen-bond donors (Lipinski definition) is 1. The van der Waals surface area contributed by atoms with Gasteiger partial charge in [-0.25, -0.2) is 0 Å². The molecule has 0 aromatic heterocycles. The van der Waals surface area contributed by atoms with Crippen LogP contribution in [-0.4, -0.2) is 32.1 Å². The molecule has 2 nitrogen and oxygen atoms in total. The van der Waals surface area contributed by atoms with Crippen LogP contribution in [0.25, 0.3) is 0 Å². The summed E-state index contributed by atoms with van der Waals surface area (Å²) >= 11 is 5.77. The molecule has 0 bridgehead atoms. The van der Waals surface area contributed by atoms with Crippen LogP contribution < -0.4 is 10.2 Å². The van der Waals surface area contributed by atoms with Crippen molar-refractivity contribution < 1.29 is 0 Å². The molecule has 16 heavy (non-hydrogen) atoms. The van der Waals surface area contributed by atoms with Crippen molar-refractivity contribution in [3.63, 3.8) is 0 Å². The molecule has 3 heteroatoms. The van der Waals surface area contributed by atoms with Crippen molar-refractivity contribution in [1.82, 2.24) is 5.32 Å². The first-order valence-corrected chi connectivity index (χ1v) is 6.55. The van der Waals surface area contributed by atoms with Gasteiger partial charge in [0.15, 0.2) is 0 Å². The number of piperazine rings is 1. The molecule has 1 aromatic rings. The van der Waals surface area contributed by atoms with Crippen molar-refractivity contribution in [2.45, 2.75) is 12.8 Å². The molecule has 1 N–H and O–H groups in total. The van der Waals surface area contributed by atoms with E-state index in [1.54, 1.807) is 0 Å². The van der Waals surface area contributed by atoms with Crippen LogP contribution in [0.3, 0.4) is 0 Å². The molecule has 1 fully saturated rings. The summed E-state index contributed by atoms with van der Waals surface area (Å²) in [4.78, 5) is 2.47. The van der Waals surface area contributed by atoms with Gasteiger partial charge in [0, 0.05) is 37.7 Å². The minimum Gasteiger partial charge on any atom is -0.369 e. The fourth-order valence-corrected chi connectivity index (χ4v) is 2.33. The summed E-state index contributed by atoms with van der Waals surface area (Å²) < 4.78 is 0. The Hall–Kier alpha value is -0.730. The average molecular weight is 239 g/mol. The predicted molar refractivity (Wildman–Crippen MR) is 70.6 cm³/mol. The standard InChI is InChI=1S/C13H19ClN2/c14-7-3-5-12-4-1-2-6-13(12)16-10-8-15-9-11-16/h1-2,4,6,15H,3,5,7-11H2. The Balaban J connectivity index is 2.11. The molecule has 1 aliphatic rings. The first-order chi connectivity index (χ1) is 7.92. The molecule has 0 spiro atoms. The van der Waals surface area contributed by atoms with Crippen LogP contribution in [0.15, 0.2) is 24.3 Å². The Labute approximate surface area is 103 Å². The van der Waals surface area contributed by atoms with Gasteiger partial charge >= 0.3 is 0 Å². The molecule has 2 rings (SSSR count). The minimum absolute atomic E-state index is 0.746. The molecule has 0 saturated carbocycles. The molecule has 0 aliphatic carbocycles. The molecule has 0 amide bonds. The van der Waals surface area contributed by atoms with Crippen molar-refractivity contribution in [1.29, 1.82) is 0 Å². The number of halogens is 1. The van der Waals surface area contributed by atoms with Gasteiger partial charge in [-0.3, -0.25) is 0 Å². The van der Waals surface area contributed by atoms with Gasteiger partial charge in [-0.05, 0) is 24.5 Å². The lowest BCUT2D eigenvalue weighted by molar-refractivity contribution is 0.587. The van der Waals surface area contributed by atoms with E-state index in [1.165, 1.54) is 11.3 Å². The summed E-state index contributed by atoms with van der Waals surface area (Å²) in [5.74, 6) is 0.746. The van der Waals surface area contributed by atoms with E-state index in [0.717, 1.165) is 44.9 Å². The molecule has 0 unspecified atom stereocenters. The number of rotatable bonds is 4. The van der Waals surface area contributed by atoms with E-state index in [0.29, 0.717) is 0 Å². The molecular weight excluding hydrogens is 220 g/mol. The first kappa shape index (κ1) is 11.7. The topological polar surface area (TPSA) is 15.3 Å². The van der Waals surface area contributed by atoms with Crippen molar-refractivity contribution in [2.75, 3.05) is 37.0 Å².